The summed E-state index contributed by atoms with van der Waals surface area (Å²) in [5.74, 6) is 2.25. The molecule has 0 saturated heterocycles. The van der Waals surface area contributed by atoms with Crippen molar-refractivity contribution >= 4 is 44.4 Å². The molecule has 0 atom stereocenters. The van der Waals surface area contributed by atoms with Crippen LogP contribution in [0.5, 0.6) is 0 Å². The molecule has 9 aromatic rings. The number of hydrogen-bond donors (Lipinski definition) is 0. The van der Waals surface area contributed by atoms with Gasteiger partial charge in [-0.3, -0.25) is 4.98 Å². The number of anilines is 4. The molecule has 1 aliphatic rings. The summed E-state index contributed by atoms with van der Waals surface area (Å²) in [7, 11) is 0. The molecule has 4 heteroatoms. The zero-order valence-electron chi connectivity index (χ0n) is 49.4. The summed E-state index contributed by atoms with van der Waals surface area (Å²) in [6, 6.07) is 59.8. The van der Waals surface area contributed by atoms with E-state index in [1.54, 1.807) is 6.92 Å². The van der Waals surface area contributed by atoms with Gasteiger partial charge >= 0.3 is 0 Å². The second-order valence-corrected chi connectivity index (χ2v) is 19.3. The van der Waals surface area contributed by atoms with Gasteiger partial charge in [-0.15, -0.1) is 12.3 Å². The molecular formula is C77H80N4. The second kappa shape index (κ2) is 29.7. The Bertz CT molecular complexity index is 3770. The van der Waals surface area contributed by atoms with Gasteiger partial charge in [-0.25, -0.2) is 0 Å². The first-order valence-corrected chi connectivity index (χ1v) is 28.8. The van der Waals surface area contributed by atoms with Crippen LogP contribution in [0.1, 0.15) is 83.8 Å². The largest absolute Gasteiger partial charge is 0.337 e. The van der Waals surface area contributed by atoms with Crippen LogP contribution >= 0.6 is 0 Å². The van der Waals surface area contributed by atoms with E-state index in [9.17, 15) is 0 Å². The SMILES string of the molecule is C#CC.C=C/C1=C(\C=C/C)N(c2cc(-c3ccc(-c4c(C)nc(C)c(-c5ccc(N(c6ccccc6)c6cccc7ccccc67)cc5)c4C)cc3)cc(-n3cc(CCC=C/C=C\C)c4ccccc43)c2)C/C=C\C=C/C1.CC.CC. The van der Waals surface area contributed by atoms with Crippen LogP contribution in [0, 0.1) is 33.1 Å². The highest BCUT2D eigenvalue weighted by molar-refractivity contribution is 5.99. The molecule has 0 unspecified atom stereocenters. The average molecular weight is 1060 g/mol. The molecule has 0 amide bonds. The van der Waals surface area contributed by atoms with Gasteiger partial charge in [0.05, 0.1) is 11.2 Å². The molecule has 0 bridgehead atoms. The molecule has 0 fully saturated rings. The number of para-hydroxylation sites is 2. The summed E-state index contributed by atoms with van der Waals surface area (Å²) in [5, 5.41) is 3.71. The number of rotatable bonds is 14. The lowest BCUT2D eigenvalue weighted by molar-refractivity contribution is 0.991. The lowest BCUT2D eigenvalue weighted by Gasteiger charge is -2.28. The Labute approximate surface area is 484 Å². The predicted molar refractivity (Wildman–Crippen MR) is 356 cm³/mol. The van der Waals surface area contributed by atoms with E-state index < -0.39 is 0 Å². The van der Waals surface area contributed by atoms with Gasteiger partial charge in [0, 0.05) is 74.5 Å². The van der Waals surface area contributed by atoms with Crippen LogP contribution in [-0.2, 0) is 6.42 Å². The van der Waals surface area contributed by atoms with Crippen LogP contribution in [0.3, 0.4) is 0 Å². The number of hydrogen-bond acceptors (Lipinski definition) is 3. The Morgan fingerprint density at radius 1 is 0.630 bits per heavy atom. The zero-order chi connectivity index (χ0) is 57.7. The first-order valence-electron chi connectivity index (χ1n) is 28.8. The van der Waals surface area contributed by atoms with E-state index >= 15 is 0 Å². The number of pyridine rings is 1. The summed E-state index contributed by atoms with van der Waals surface area (Å²) in [4.78, 5) is 10.0. The molecule has 10 rings (SSSR count). The summed E-state index contributed by atoms with van der Waals surface area (Å²) in [5.41, 5.74) is 20.6. The molecule has 0 spiro atoms. The van der Waals surface area contributed by atoms with E-state index in [-0.39, 0.29) is 0 Å². The minimum absolute atomic E-state index is 0.707. The molecule has 2 aromatic heterocycles. The van der Waals surface area contributed by atoms with Crippen molar-refractivity contribution in [2.24, 2.45) is 0 Å². The van der Waals surface area contributed by atoms with E-state index in [0.29, 0.717) is 6.54 Å². The minimum atomic E-state index is 0.707. The van der Waals surface area contributed by atoms with Gasteiger partial charge in [-0.05, 0) is 166 Å². The Morgan fingerprint density at radius 3 is 1.90 bits per heavy atom. The van der Waals surface area contributed by atoms with E-state index in [0.717, 1.165) is 87.0 Å². The highest BCUT2D eigenvalue weighted by Gasteiger charge is 2.21. The van der Waals surface area contributed by atoms with Crippen molar-refractivity contribution in [1.29, 1.82) is 0 Å². The molecular weight excluding hydrogens is 981 g/mol. The predicted octanol–water partition coefficient (Wildman–Crippen LogP) is 21.7. The Morgan fingerprint density at radius 2 is 1.22 bits per heavy atom. The maximum absolute atomic E-state index is 5.23. The second-order valence-electron chi connectivity index (χ2n) is 19.3. The van der Waals surface area contributed by atoms with Gasteiger partial charge in [0.2, 0.25) is 0 Å². The molecule has 0 aliphatic carbocycles. The highest BCUT2D eigenvalue weighted by Crippen LogP contribution is 2.42. The molecule has 81 heavy (non-hydrogen) atoms. The van der Waals surface area contributed by atoms with Gasteiger partial charge < -0.3 is 14.4 Å². The zero-order valence-corrected chi connectivity index (χ0v) is 49.4. The van der Waals surface area contributed by atoms with Crippen molar-refractivity contribution in [2.75, 3.05) is 16.3 Å². The van der Waals surface area contributed by atoms with E-state index in [1.807, 2.05) is 33.8 Å². The number of fused-ring (bicyclic) bond motifs is 2. The smallest absolute Gasteiger partial charge is 0.0540 e. The van der Waals surface area contributed by atoms with Crippen molar-refractivity contribution in [1.82, 2.24) is 9.55 Å². The van der Waals surface area contributed by atoms with Crippen LogP contribution < -0.4 is 9.80 Å². The Kier molecular flexibility index (Phi) is 21.8. The first-order chi connectivity index (χ1) is 39.8. The summed E-state index contributed by atoms with van der Waals surface area (Å²) >= 11 is 0. The van der Waals surface area contributed by atoms with Gasteiger partial charge in [-0.2, -0.15) is 0 Å². The number of terminal acetylenes is 1. The number of aromatic nitrogens is 2. The standard InChI is InChI=1S/C70H64N4.C3H4.2C2H6/c1-7-10-11-12-17-29-58-49-73(67-35-23-22-34-65(58)67)63-47-59(46-62(48-63)72-45-24-14-13-16-27-53(9-3)66(72)26-8-2)54-37-39-56(40-38-54)69-50(4)70(52(6)71-51(69)5)57-41-43-61(44-42-57)74(60-31-18-15-19-32-60)68-36-25-30-55-28-20-21-33-64(55)68;1-3-2;2*1-2/h7-16,18-26,28,30-44,46-49H,3,17,27,29,45H2,1-2,4-6H3;1H,2H3;2*1-2H3/b10-7-,12-11?,16-13-,24-14-,26-8-,66-53-;;;. The first kappa shape index (κ1) is 59.5. The number of aryl methyl sites for hydroxylation is 3. The fourth-order valence-electron chi connectivity index (χ4n) is 10.8. The van der Waals surface area contributed by atoms with Crippen LogP contribution in [0.4, 0.5) is 22.7 Å². The lowest BCUT2D eigenvalue weighted by Crippen LogP contribution is -2.23. The van der Waals surface area contributed by atoms with E-state index in [2.05, 4.69) is 299 Å². The van der Waals surface area contributed by atoms with Crippen molar-refractivity contribution in [3.05, 3.63) is 277 Å². The van der Waals surface area contributed by atoms with Crippen LogP contribution in [-0.4, -0.2) is 16.1 Å². The van der Waals surface area contributed by atoms with Gasteiger partial charge in [0.25, 0.3) is 0 Å². The van der Waals surface area contributed by atoms with Crippen molar-refractivity contribution in [3.8, 4) is 51.4 Å². The monoisotopic (exact) mass is 1060 g/mol. The maximum atomic E-state index is 5.23. The summed E-state index contributed by atoms with van der Waals surface area (Å²) in [6.07, 6.45) is 33.4. The maximum Gasteiger partial charge on any atom is 0.0540 e. The molecule has 3 heterocycles. The molecule has 4 nitrogen and oxygen atoms in total. The van der Waals surface area contributed by atoms with Crippen LogP contribution in [0.25, 0.3) is 60.7 Å². The molecule has 0 saturated carbocycles. The van der Waals surface area contributed by atoms with Crippen LogP contribution in [0.15, 0.2) is 255 Å². The molecule has 1 aliphatic heterocycles. The Hall–Kier alpha value is -9.17. The molecule has 0 radical (unpaired) electrons. The van der Waals surface area contributed by atoms with Gasteiger partial charge in [-0.1, -0.05) is 204 Å². The summed E-state index contributed by atoms with van der Waals surface area (Å²) in [6.45, 7) is 25.3. The van der Waals surface area contributed by atoms with Gasteiger partial charge in [0.15, 0.2) is 0 Å². The van der Waals surface area contributed by atoms with Crippen molar-refractivity contribution in [3.63, 3.8) is 0 Å². The quantitative estimate of drug-likeness (QED) is 0.0801. The third-order valence-electron chi connectivity index (χ3n) is 14.3. The number of nitrogens with zero attached hydrogens (tertiary/aromatic N) is 4. The average Bonchev–Trinajstić information content (AvgIpc) is 4.14. The minimum Gasteiger partial charge on any atom is -0.337 e. The third kappa shape index (κ3) is 13.8. The molecule has 0 N–H and O–H groups in total. The van der Waals surface area contributed by atoms with Crippen molar-refractivity contribution in [2.45, 2.75) is 88.5 Å². The van der Waals surface area contributed by atoms with E-state index in [1.165, 1.54) is 49.5 Å². The normalized spacial score (nSPS) is 14.0. The molecule has 7 aromatic carbocycles. The lowest BCUT2D eigenvalue weighted by atomic mass is 9.90. The fraction of sp³-hybridized carbons (Fsp3) is 0.182. The van der Waals surface area contributed by atoms with E-state index in [4.69, 9.17) is 4.98 Å². The van der Waals surface area contributed by atoms with Crippen molar-refractivity contribution < 1.29 is 0 Å². The number of allylic oxidation sites excluding steroid dienone is 11. The van der Waals surface area contributed by atoms with Crippen LogP contribution in [0.2, 0.25) is 0 Å². The number of benzene rings is 7. The fourth-order valence-corrected chi connectivity index (χ4v) is 10.8. The highest BCUT2D eigenvalue weighted by atomic mass is 15.1. The third-order valence-corrected chi connectivity index (χ3v) is 14.3. The Balaban J connectivity index is 0.00000130. The molecule has 408 valence electrons. The topological polar surface area (TPSA) is 24.3 Å². The van der Waals surface area contributed by atoms with Gasteiger partial charge in [0.1, 0.15) is 0 Å². The summed E-state index contributed by atoms with van der Waals surface area (Å²) < 4.78 is 2.39.